The van der Waals surface area contributed by atoms with Gasteiger partial charge in [0.2, 0.25) is 0 Å². The fourth-order valence-corrected chi connectivity index (χ4v) is 6.12. The molecule has 0 aliphatic carbocycles. The number of nitrogens with zero attached hydrogens (tertiary/aromatic N) is 1. The molecule has 1 fully saturated rings. The number of carbonyl (C=O) groups excluding carboxylic acids is 1. The molecule has 1 aromatic carbocycles. The Bertz CT molecular complexity index is 922. The van der Waals surface area contributed by atoms with E-state index in [9.17, 15) is 17.6 Å². The van der Waals surface area contributed by atoms with E-state index in [4.69, 9.17) is 4.74 Å². The van der Waals surface area contributed by atoms with Crippen LogP contribution in [0.3, 0.4) is 0 Å². The smallest absolute Gasteiger partial charge is 0.337 e. The number of sulfone groups is 1. The maximum atomic E-state index is 13.6. The van der Waals surface area contributed by atoms with Crippen LogP contribution in [0.15, 0.2) is 38.9 Å². The molecule has 3 aliphatic heterocycles. The van der Waals surface area contributed by atoms with Crippen LogP contribution in [-0.4, -0.2) is 37.7 Å². The molecule has 5 nitrogen and oxygen atoms in total. The minimum absolute atomic E-state index is 0.0588. The third-order valence-corrected chi connectivity index (χ3v) is 7.43. The van der Waals surface area contributed by atoms with Gasteiger partial charge < -0.3 is 4.74 Å². The Hall–Kier alpha value is -1.54. The maximum Gasteiger partial charge on any atom is 0.337 e. The Kier molecular flexibility index (Phi) is 3.65. The van der Waals surface area contributed by atoms with Gasteiger partial charge in [-0.1, -0.05) is 6.07 Å². The molecule has 2 unspecified atom stereocenters. The summed E-state index contributed by atoms with van der Waals surface area (Å²) in [7, 11) is -3.45. The van der Waals surface area contributed by atoms with Gasteiger partial charge in [-0.25, -0.2) is 17.6 Å². The number of aliphatic imine (C=N–C) groups is 1. The maximum absolute atomic E-state index is 13.6. The zero-order valence-corrected chi connectivity index (χ0v) is 14.9. The summed E-state index contributed by atoms with van der Waals surface area (Å²) < 4.78 is 44.3. The lowest BCUT2D eigenvalue weighted by Gasteiger charge is -2.34. The molecule has 0 bridgehead atoms. The first-order valence-corrected chi connectivity index (χ1v) is 10.0. The highest BCUT2D eigenvalue weighted by molar-refractivity contribution is 9.10. The van der Waals surface area contributed by atoms with E-state index in [0.29, 0.717) is 29.8 Å². The van der Waals surface area contributed by atoms with Gasteiger partial charge in [0, 0.05) is 11.6 Å². The van der Waals surface area contributed by atoms with Gasteiger partial charge in [0.25, 0.3) is 0 Å². The Labute approximate surface area is 146 Å². The minimum atomic E-state index is -3.45. The van der Waals surface area contributed by atoms with Crippen LogP contribution < -0.4 is 0 Å². The van der Waals surface area contributed by atoms with Crippen LogP contribution in [-0.2, 0) is 19.4 Å². The van der Waals surface area contributed by atoms with Crippen LogP contribution in [0, 0.1) is 5.82 Å². The predicted molar refractivity (Wildman–Crippen MR) is 89.1 cm³/mol. The van der Waals surface area contributed by atoms with Crippen LogP contribution in [0.2, 0.25) is 0 Å². The van der Waals surface area contributed by atoms with E-state index in [2.05, 4.69) is 20.9 Å². The molecule has 2 atom stereocenters. The summed E-state index contributed by atoms with van der Waals surface area (Å²) in [6.45, 7) is 0.0588. The molecule has 8 heteroatoms. The van der Waals surface area contributed by atoms with E-state index in [1.807, 2.05) is 0 Å². The Morgan fingerprint density at radius 1 is 1.33 bits per heavy atom. The molecular weight excluding hydrogens is 401 g/mol. The number of hydrogen-bond donors (Lipinski definition) is 0. The van der Waals surface area contributed by atoms with Gasteiger partial charge in [0.05, 0.1) is 21.5 Å². The van der Waals surface area contributed by atoms with Crippen LogP contribution in [0.25, 0.3) is 0 Å². The van der Waals surface area contributed by atoms with Gasteiger partial charge >= 0.3 is 5.97 Å². The minimum Gasteiger partial charge on any atom is -0.456 e. The zero-order chi connectivity index (χ0) is 17.1. The first-order valence-electron chi connectivity index (χ1n) is 7.52. The Balaban J connectivity index is 1.94. The van der Waals surface area contributed by atoms with E-state index < -0.39 is 32.8 Å². The van der Waals surface area contributed by atoms with Crippen molar-refractivity contribution in [3.63, 3.8) is 0 Å². The van der Waals surface area contributed by atoms with Crippen molar-refractivity contribution in [2.75, 3.05) is 12.4 Å². The lowest BCUT2D eigenvalue weighted by molar-refractivity contribution is -0.136. The standard InChI is InChI=1S/C16H13BrFNO4S/c17-9-6-8(3-4-10(9)18)13-14-12(7-23-16(14)20)19-11-2-1-5-24(21,22)15(11)13/h3-4,6,13,15H,1-2,5,7H2. The van der Waals surface area contributed by atoms with Gasteiger partial charge in [-0.3, -0.25) is 4.99 Å². The number of esters is 1. The van der Waals surface area contributed by atoms with Gasteiger partial charge in [-0.2, -0.15) is 0 Å². The molecule has 0 spiro atoms. The third kappa shape index (κ3) is 2.35. The lowest BCUT2D eigenvalue weighted by Crippen LogP contribution is -2.44. The highest BCUT2D eigenvalue weighted by Crippen LogP contribution is 2.44. The second kappa shape index (κ2) is 5.49. The predicted octanol–water partition coefficient (Wildman–Crippen LogP) is 2.51. The highest BCUT2D eigenvalue weighted by Gasteiger charge is 2.49. The zero-order valence-electron chi connectivity index (χ0n) is 12.5. The van der Waals surface area contributed by atoms with Gasteiger partial charge in [-0.05, 0) is 46.5 Å². The third-order valence-electron chi connectivity index (χ3n) is 4.64. The van der Waals surface area contributed by atoms with Crippen molar-refractivity contribution < 1.29 is 22.3 Å². The summed E-state index contributed by atoms with van der Waals surface area (Å²) in [4.78, 5) is 16.6. The summed E-state index contributed by atoms with van der Waals surface area (Å²) in [5.74, 6) is -1.63. The largest absolute Gasteiger partial charge is 0.456 e. The van der Waals surface area contributed by atoms with Crippen molar-refractivity contribution >= 4 is 37.4 Å². The van der Waals surface area contributed by atoms with E-state index in [1.165, 1.54) is 18.2 Å². The Morgan fingerprint density at radius 3 is 2.88 bits per heavy atom. The van der Waals surface area contributed by atoms with Crippen LogP contribution >= 0.6 is 15.9 Å². The quantitative estimate of drug-likeness (QED) is 0.663. The molecule has 0 N–H and O–H groups in total. The average molecular weight is 414 g/mol. The van der Waals surface area contributed by atoms with Crippen LogP contribution in [0.4, 0.5) is 4.39 Å². The fourth-order valence-electron chi connectivity index (χ4n) is 3.63. The summed E-state index contributed by atoms with van der Waals surface area (Å²) in [6, 6.07) is 4.32. The molecule has 0 radical (unpaired) electrons. The van der Waals surface area contributed by atoms with Crippen molar-refractivity contribution in [1.29, 1.82) is 0 Å². The van der Waals surface area contributed by atoms with E-state index in [1.54, 1.807) is 0 Å². The number of ether oxygens (including phenoxy) is 1. The van der Waals surface area contributed by atoms with E-state index in [-0.39, 0.29) is 22.4 Å². The number of halogens is 2. The monoisotopic (exact) mass is 413 g/mol. The first-order chi connectivity index (χ1) is 11.4. The average Bonchev–Trinajstić information content (AvgIpc) is 2.89. The second-order valence-electron chi connectivity index (χ2n) is 6.08. The summed E-state index contributed by atoms with van der Waals surface area (Å²) in [5.41, 5.74) is 1.92. The van der Waals surface area contributed by atoms with Crippen molar-refractivity contribution in [3.8, 4) is 0 Å². The molecule has 126 valence electrons. The van der Waals surface area contributed by atoms with Crippen molar-refractivity contribution in [3.05, 3.63) is 45.3 Å². The lowest BCUT2D eigenvalue weighted by atomic mass is 9.82. The summed E-state index contributed by atoms with van der Waals surface area (Å²) >= 11 is 3.13. The molecule has 0 aromatic heterocycles. The molecule has 3 heterocycles. The first kappa shape index (κ1) is 16.0. The summed E-state index contributed by atoms with van der Waals surface area (Å²) in [6.07, 6.45) is 1.10. The van der Waals surface area contributed by atoms with E-state index in [0.717, 1.165) is 0 Å². The van der Waals surface area contributed by atoms with E-state index >= 15 is 0 Å². The fraction of sp³-hybridized carbons (Fsp3) is 0.375. The van der Waals surface area contributed by atoms with Crippen molar-refractivity contribution in [2.45, 2.75) is 24.0 Å². The number of fused-ring (bicyclic) bond motifs is 1. The number of cyclic esters (lactones) is 1. The molecule has 4 rings (SSSR count). The SMILES string of the molecule is O=C1OCC2=C1C(c1ccc(F)c(Br)c1)C1C(=N2)CCCS1(=O)=O. The molecular formula is C16H13BrFNO4S. The van der Waals surface area contributed by atoms with Crippen molar-refractivity contribution in [1.82, 2.24) is 0 Å². The summed E-state index contributed by atoms with van der Waals surface area (Å²) in [5, 5.41) is -0.881. The van der Waals surface area contributed by atoms with Gasteiger partial charge in [-0.15, -0.1) is 0 Å². The van der Waals surface area contributed by atoms with Crippen LogP contribution in [0.1, 0.15) is 24.3 Å². The van der Waals surface area contributed by atoms with Gasteiger partial charge in [0.15, 0.2) is 9.84 Å². The molecule has 0 amide bonds. The van der Waals surface area contributed by atoms with Crippen LogP contribution in [0.5, 0.6) is 0 Å². The Morgan fingerprint density at radius 2 is 2.12 bits per heavy atom. The highest BCUT2D eigenvalue weighted by atomic mass is 79.9. The molecule has 24 heavy (non-hydrogen) atoms. The van der Waals surface area contributed by atoms with Crippen molar-refractivity contribution in [2.24, 2.45) is 4.99 Å². The molecule has 1 aromatic rings. The number of benzene rings is 1. The number of carbonyl (C=O) groups is 1. The number of rotatable bonds is 1. The molecule has 3 aliphatic rings. The molecule has 0 saturated carbocycles. The molecule has 1 saturated heterocycles. The number of hydrogen-bond acceptors (Lipinski definition) is 5. The normalized spacial score (nSPS) is 28.1. The second-order valence-corrected chi connectivity index (χ2v) is 9.18. The van der Waals surface area contributed by atoms with Gasteiger partial charge in [0.1, 0.15) is 17.7 Å². The topological polar surface area (TPSA) is 72.8 Å².